The molecule has 1 saturated heterocycles. The maximum absolute atomic E-state index is 11.8. The molecule has 6 heteroatoms. The zero-order valence-corrected chi connectivity index (χ0v) is 9.04. The molecule has 0 aliphatic carbocycles. The Hall–Kier alpha value is -0.980. The fraction of sp³-hybridized carbons (Fsp3) is 0.556. The van der Waals surface area contributed by atoms with Gasteiger partial charge in [0, 0.05) is 25.0 Å². The van der Waals surface area contributed by atoms with Crippen LogP contribution in [0.5, 0.6) is 0 Å². The molecule has 0 aromatic carbocycles. The van der Waals surface area contributed by atoms with Gasteiger partial charge in [0.25, 0.3) is 5.91 Å². The van der Waals surface area contributed by atoms with Gasteiger partial charge in [0.2, 0.25) is 0 Å². The number of aliphatic hydroxyl groups excluding tert-OH is 1. The van der Waals surface area contributed by atoms with Crippen molar-refractivity contribution in [2.24, 2.45) is 5.73 Å². The molecule has 82 valence electrons. The molecular weight excluding hydrogens is 214 g/mol. The van der Waals surface area contributed by atoms with Crippen molar-refractivity contribution in [2.45, 2.75) is 19.1 Å². The SMILES string of the molecule is NCc1nc(C(=O)N2CC[C@@H](O)C2)cs1. The highest BCUT2D eigenvalue weighted by atomic mass is 32.1. The van der Waals surface area contributed by atoms with Gasteiger partial charge < -0.3 is 15.7 Å². The molecule has 1 amide bonds. The first-order chi connectivity index (χ1) is 7.20. The molecule has 0 bridgehead atoms. The fourth-order valence-electron chi connectivity index (χ4n) is 1.59. The molecule has 15 heavy (non-hydrogen) atoms. The molecule has 0 saturated carbocycles. The summed E-state index contributed by atoms with van der Waals surface area (Å²) in [5, 5.41) is 11.8. The lowest BCUT2D eigenvalue weighted by Crippen LogP contribution is -2.29. The minimum absolute atomic E-state index is 0.109. The van der Waals surface area contributed by atoms with Gasteiger partial charge in [-0.25, -0.2) is 4.98 Å². The van der Waals surface area contributed by atoms with Gasteiger partial charge in [0.1, 0.15) is 10.7 Å². The van der Waals surface area contributed by atoms with Crippen molar-refractivity contribution < 1.29 is 9.90 Å². The fourth-order valence-corrected chi connectivity index (χ4v) is 2.24. The van der Waals surface area contributed by atoms with E-state index in [-0.39, 0.29) is 12.0 Å². The predicted molar refractivity (Wildman–Crippen MR) is 56.5 cm³/mol. The normalized spacial score (nSPS) is 20.9. The topological polar surface area (TPSA) is 79.5 Å². The highest BCUT2D eigenvalue weighted by molar-refractivity contribution is 7.09. The van der Waals surface area contributed by atoms with Crippen LogP contribution < -0.4 is 5.73 Å². The van der Waals surface area contributed by atoms with Gasteiger partial charge in [-0.15, -0.1) is 11.3 Å². The van der Waals surface area contributed by atoms with Crippen molar-refractivity contribution in [1.29, 1.82) is 0 Å². The van der Waals surface area contributed by atoms with Crippen molar-refractivity contribution in [2.75, 3.05) is 13.1 Å². The van der Waals surface area contributed by atoms with Gasteiger partial charge in [-0.2, -0.15) is 0 Å². The molecule has 1 aliphatic heterocycles. The van der Waals surface area contributed by atoms with Crippen LogP contribution in [-0.4, -0.2) is 40.1 Å². The third-order valence-electron chi connectivity index (χ3n) is 2.40. The third-order valence-corrected chi connectivity index (χ3v) is 3.27. The Kier molecular flexibility index (Phi) is 2.99. The van der Waals surface area contributed by atoms with E-state index in [1.54, 1.807) is 10.3 Å². The van der Waals surface area contributed by atoms with Gasteiger partial charge in [-0.3, -0.25) is 4.79 Å². The first-order valence-electron chi connectivity index (χ1n) is 4.82. The summed E-state index contributed by atoms with van der Waals surface area (Å²) in [6, 6.07) is 0. The van der Waals surface area contributed by atoms with E-state index in [0.29, 0.717) is 31.7 Å². The number of carbonyl (C=O) groups is 1. The summed E-state index contributed by atoms with van der Waals surface area (Å²) in [5.41, 5.74) is 5.86. The van der Waals surface area contributed by atoms with Gasteiger partial charge in [0.15, 0.2) is 0 Å². The average Bonchev–Trinajstić information content (AvgIpc) is 2.84. The number of aromatic nitrogens is 1. The number of nitrogens with zero attached hydrogens (tertiary/aromatic N) is 2. The van der Waals surface area contributed by atoms with Gasteiger partial charge >= 0.3 is 0 Å². The first-order valence-corrected chi connectivity index (χ1v) is 5.70. The molecule has 1 aliphatic rings. The number of nitrogens with two attached hydrogens (primary N) is 1. The van der Waals surface area contributed by atoms with Gasteiger partial charge in [-0.1, -0.05) is 0 Å². The van der Waals surface area contributed by atoms with E-state index >= 15 is 0 Å². The van der Waals surface area contributed by atoms with Crippen molar-refractivity contribution in [1.82, 2.24) is 9.88 Å². The number of carbonyl (C=O) groups excluding carboxylic acids is 1. The van der Waals surface area contributed by atoms with Crippen LogP contribution in [0.4, 0.5) is 0 Å². The van der Waals surface area contributed by atoms with Crippen LogP contribution in [-0.2, 0) is 6.54 Å². The lowest BCUT2D eigenvalue weighted by molar-refractivity contribution is 0.0760. The number of hydrogen-bond acceptors (Lipinski definition) is 5. The Balaban J connectivity index is 2.07. The molecule has 2 heterocycles. The second-order valence-electron chi connectivity index (χ2n) is 3.52. The van der Waals surface area contributed by atoms with E-state index in [4.69, 9.17) is 5.73 Å². The van der Waals surface area contributed by atoms with E-state index in [9.17, 15) is 9.90 Å². The Bertz CT molecular complexity index is 366. The number of likely N-dealkylation sites (tertiary alicyclic amines) is 1. The maximum Gasteiger partial charge on any atom is 0.273 e. The van der Waals surface area contributed by atoms with Crippen LogP contribution >= 0.6 is 11.3 Å². The highest BCUT2D eigenvalue weighted by Gasteiger charge is 2.26. The smallest absolute Gasteiger partial charge is 0.273 e. The predicted octanol–water partition coefficient (Wildman–Crippen LogP) is -0.191. The van der Waals surface area contributed by atoms with E-state index in [1.165, 1.54) is 11.3 Å². The zero-order valence-electron chi connectivity index (χ0n) is 8.22. The number of rotatable bonds is 2. The van der Waals surface area contributed by atoms with E-state index in [1.807, 2.05) is 0 Å². The lowest BCUT2D eigenvalue weighted by Gasteiger charge is -2.13. The van der Waals surface area contributed by atoms with Crippen LogP contribution in [0.1, 0.15) is 21.9 Å². The van der Waals surface area contributed by atoms with Crippen molar-refractivity contribution in [3.05, 3.63) is 16.1 Å². The standard InChI is InChI=1S/C9H13N3O2S/c10-3-8-11-7(5-15-8)9(14)12-2-1-6(13)4-12/h5-6,13H,1-4,10H2/t6-/m1/s1. The molecule has 2 rings (SSSR count). The lowest BCUT2D eigenvalue weighted by atomic mass is 10.3. The molecule has 0 unspecified atom stereocenters. The summed E-state index contributed by atoms with van der Waals surface area (Å²) in [6.45, 7) is 1.38. The molecule has 3 N–H and O–H groups in total. The molecule has 5 nitrogen and oxygen atoms in total. The summed E-state index contributed by atoms with van der Waals surface area (Å²) >= 11 is 1.39. The molecule has 1 atom stereocenters. The van der Waals surface area contributed by atoms with Crippen molar-refractivity contribution in [3.8, 4) is 0 Å². The third kappa shape index (κ3) is 2.17. The monoisotopic (exact) mass is 227 g/mol. The molecule has 1 aromatic heterocycles. The summed E-state index contributed by atoms with van der Waals surface area (Å²) in [6.07, 6.45) is 0.265. The van der Waals surface area contributed by atoms with Crippen molar-refractivity contribution >= 4 is 17.2 Å². The number of thiazole rings is 1. The van der Waals surface area contributed by atoms with Gasteiger partial charge in [0.05, 0.1) is 6.10 Å². The van der Waals surface area contributed by atoms with Gasteiger partial charge in [-0.05, 0) is 6.42 Å². The Morgan fingerprint density at radius 3 is 3.13 bits per heavy atom. The summed E-state index contributed by atoms with van der Waals surface area (Å²) in [4.78, 5) is 17.6. The zero-order chi connectivity index (χ0) is 10.8. The first kappa shape index (κ1) is 10.5. The summed E-state index contributed by atoms with van der Waals surface area (Å²) < 4.78 is 0. The quantitative estimate of drug-likeness (QED) is 0.734. The average molecular weight is 227 g/mol. The highest BCUT2D eigenvalue weighted by Crippen LogP contribution is 2.15. The number of β-amino-alcohol motifs (C(OH)–C–C–N with tert-alkyl or cyclic N) is 1. The Morgan fingerprint density at radius 1 is 1.80 bits per heavy atom. The summed E-state index contributed by atoms with van der Waals surface area (Å²) in [7, 11) is 0. The molecule has 0 spiro atoms. The van der Waals surface area contributed by atoms with Crippen LogP contribution in [0.15, 0.2) is 5.38 Å². The minimum atomic E-state index is -0.387. The van der Waals surface area contributed by atoms with E-state index in [0.717, 1.165) is 5.01 Å². The molecular formula is C9H13N3O2S. The summed E-state index contributed by atoms with van der Waals surface area (Å²) in [5.74, 6) is -0.109. The number of amides is 1. The number of aliphatic hydroxyl groups is 1. The van der Waals surface area contributed by atoms with Crippen LogP contribution in [0.3, 0.4) is 0 Å². The molecule has 1 fully saturated rings. The Morgan fingerprint density at radius 2 is 2.60 bits per heavy atom. The second kappa shape index (κ2) is 4.26. The van der Waals surface area contributed by atoms with Crippen LogP contribution in [0.2, 0.25) is 0 Å². The molecule has 1 aromatic rings. The maximum atomic E-state index is 11.8. The van der Waals surface area contributed by atoms with Crippen LogP contribution in [0, 0.1) is 0 Å². The minimum Gasteiger partial charge on any atom is -0.391 e. The Labute approximate surface area is 91.5 Å². The van der Waals surface area contributed by atoms with E-state index in [2.05, 4.69) is 4.98 Å². The molecule has 0 radical (unpaired) electrons. The van der Waals surface area contributed by atoms with E-state index < -0.39 is 0 Å². The number of hydrogen-bond donors (Lipinski definition) is 2. The van der Waals surface area contributed by atoms with Crippen molar-refractivity contribution in [3.63, 3.8) is 0 Å². The largest absolute Gasteiger partial charge is 0.391 e. The van der Waals surface area contributed by atoms with Crippen LogP contribution in [0.25, 0.3) is 0 Å². The second-order valence-corrected chi connectivity index (χ2v) is 4.47.